The number of unbranched alkanes of at least 4 members (excludes halogenated alkanes) is 2. The van der Waals surface area contributed by atoms with Crippen molar-refractivity contribution in [2.45, 2.75) is 65.4 Å². The molecule has 1 aromatic carbocycles. The molecule has 37 heavy (non-hydrogen) atoms. The molecular formula is C26H40N5O5P. The Bertz CT molecular complexity index is 1100. The van der Waals surface area contributed by atoms with Crippen molar-refractivity contribution in [3.8, 4) is 5.75 Å². The van der Waals surface area contributed by atoms with Crippen LogP contribution in [-0.4, -0.2) is 53.0 Å². The van der Waals surface area contributed by atoms with E-state index in [4.69, 9.17) is 24.5 Å². The standard InChI is InChI=1S/C26H40N5O5P/c1-4-6-15-33-24(34-16-7-5-2)17-30-37(32,36-22-11-9-8-10-12-22)20-35-21(3)18-31-19-29-25-23(27)13-14-28-26(25)31/h8-14,19,21,24H,4-7,15-18,20H2,1-3H3,(H2,27,28)(H,30,32)/t21-,37?/m1/s1. The maximum absolute atomic E-state index is 13.9. The van der Waals surface area contributed by atoms with Gasteiger partial charge in [-0.05, 0) is 38.0 Å². The van der Waals surface area contributed by atoms with E-state index in [0.29, 0.717) is 42.4 Å². The topological polar surface area (TPSA) is 123 Å². The largest absolute Gasteiger partial charge is 0.431 e. The van der Waals surface area contributed by atoms with Crippen LogP contribution in [0.15, 0.2) is 48.9 Å². The number of nitrogens with one attached hydrogen (secondary N) is 1. The van der Waals surface area contributed by atoms with Gasteiger partial charge in [0.05, 0.1) is 31.2 Å². The molecule has 0 radical (unpaired) electrons. The van der Waals surface area contributed by atoms with E-state index in [2.05, 4.69) is 28.9 Å². The molecule has 2 aromatic heterocycles. The van der Waals surface area contributed by atoms with Crippen LogP contribution in [0.25, 0.3) is 11.2 Å². The van der Waals surface area contributed by atoms with Gasteiger partial charge in [0.15, 0.2) is 11.9 Å². The Labute approximate surface area is 219 Å². The van der Waals surface area contributed by atoms with Crippen LogP contribution in [0.2, 0.25) is 0 Å². The highest BCUT2D eigenvalue weighted by Gasteiger charge is 2.28. The molecule has 0 amide bonds. The lowest BCUT2D eigenvalue weighted by molar-refractivity contribution is -0.138. The first-order chi connectivity index (χ1) is 17.9. The molecule has 3 aromatic rings. The zero-order valence-corrected chi connectivity index (χ0v) is 22.9. The minimum Gasteiger partial charge on any atom is -0.431 e. The molecule has 0 fully saturated rings. The Hall–Kier alpha value is -2.49. The van der Waals surface area contributed by atoms with Gasteiger partial charge < -0.3 is 29.0 Å². The average molecular weight is 534 g/mol. The first-order valence-electron chi connectivity index (χ1n) is 12.9. The first kappa shape index (κ1) is 29.1. The molecule has 0 aliphatic carbocycles. The monoisotopic (exact) mass is 533 g/mol. The van der Waals surface area contributed by atoms with Gasteiger partial charge in [0, 0.05) is 19.4 Å². The van der Waals surface area contributed by atoms with Gasteiger partial charge in [-0.15, -0.1) is 0 Å². The number of imidazole rings is 1. The van der Waals surface area contributed by atoms with Crippen molar-refractivity contribution in [1.29, 1.82) is 0 Å². The third-order valence-electron chi connectivity index (χ3n) is 5.62. The Morgan fingerprint density at radius 2 is 1.73 bits per heavy atom. The maximum atomic E-state index is 13.9. The lowest BCUT2D eigenvalue weighted by Crippen LogP contribution is -2.33. The summed E-state index contributed by atoms with van der Waals surface area (Å²) in [6, 6.07) is 10.8. The van der Waals surface area contributed by atoms with Crippen molar-refractivity contribution >= 4 is 24.4 Å². The molecule has 0 aliphatic heterocycles. The number of ether oxygens (including phenoxy) is 3. The first-order valence-corrected chi connectivity index (χ1v) is 14.7. The Morgan fingerprint density at radius 3 is 2.41 bits per heavy atom. The highest BCUT2D eigenvalue weighted by atomic mass is 31.2. The predicted octanol–water partition coefficient (Wildman–Crippen LogP) is 5.20. The lowest BCUT2D eigenvalue weighted by Gasteiger charge is -2.25. The van der Waals surface area contributed by atoms with Gasteiger partial charge in [0.25, 0.3) is 0 Å². The second-order valence-corrected chi connectivity index (χ2v) is 11.0. The lowest BCUT2D eigenvalue weighted by atomic mass is 10.3. The van der Waals surface area contributed by atoms with E-state index in [1.54, 1.807) is 30.7 Å². The van der Waals surface area contributed by atoms with E-state index < -0.39 is 13.8 Å². The van der Waals surface area contributed by atoms with Crippen molar-refractivity contribution < 1.29 is 23.3 Å². The smallest absolute Gasteiger partial charge is 0.342 e. The molecule has 0 aliphatic rings. The van der Waals surface area contributed by atoms with Crippen LogP contribution in [0.5, 0.6) is 5.75 Å². The molecule has 11 heteroatoms. The summed E-state index contributed by atoms with van der Waals surface area (Å²) in [6.45, 7) is 7.92. The molecule has 0 spiro atoms. The van der Waals surface area contributed by atoms with Gasteiger partial charge in [0.2, 0.25) is 0 Å². The minimum absolute atomic E-state index is 0.137. The van der Waals surface area contributed by atoms with Crippen LogP contribution in [0.3, 0.4) is 0 Å². The van der Waals surface area contributed by atoms with E-state index in [9.17, 15) is 4.57 Å². The molecule has 10 nitrogen and oxygen atoms in total. The van der Waals surface area contributed by atoms with Crippen LogP contribution in [0.4, 0.5) is 5.69 Å². The molecule has 1 unspecified atom stereocenters. The molecule has 2 atom stereocenters. The van der Waals surface area contributed by atoms with Crippen LogP contribution < -0.4 is 15.3 Å². The van der Waals surface area contributed by atoms with Crippen molar-refractivity contribution in [2.75, 3.05) is 31.8 Å². The summed E-state index contributed by atoms with van der Waals surface area (Å²) < 4.78 is 39.5. The number of pyridine rings is 1. The third kappa shape index (κ3) is 9.39. The predicted molar refractivity (Wildman–Crippen MR) is 146 cm³/mol. The number of nitrogen functional groups attached to an aromatic ring is 1. The number of rotatable bonds is 18. The van der Waals surface area contributed by atoms with E-state index in [1.165, 1.54) is 0 Å². The second-order valence-electron chi connectivity index (χ2n) is 8.89. The SMILES string of the molecule is CCCCOC(CNP(=O)(CO[C@H](C)Cn1cnc2c(N)ccnc21)Oc1ccccc1)OCCCC. The Kier molecular flexibility index (Phi) is 11.8. The number of benzene rings is 1. The average Bonchev–Trinajstić information content (AvgIpc) is 3.30. The number of nitrogens with two attached hydrogens (primary N) is 1. The fourth-order valence-electron chi connectivity index (χ4n) is 3.52. The third-order valence-corrected chi connectivity index (χ3v) is 7.27. The van der Waals surface area contributed by atoms with Crippen LogP contribution in [0, 0.1) is 0 Å². The molecule has 0 saturated carbocycles. The van der Waals surface area contributed by atoms with Crippen molar-refractivity contribution in [3.05, 3.63) is 48.9 Å². The fraction of sp³-hybridized carbons (Fsp3) is 0.538. The molecular weight excluding hydrogens is 493 g/mol. The summed E-state index contributed by atoms with van der Waals surface area (Å²) in [4.78, 5) is 8.72. The molecule has 3 N–H and O–H groups in total. The van der Waals surface area contributed by atoms with Gasteiger partial charge in [-0.25, -0.2) is 15.1 Å². The minimum atomic E-state index is -3.47. The van der Waals surface area contributed by atoms with Gasteiger partial charge in [-0.3, -0.25) is 4.57 Å². The Morgan fingerprint density at radius 1 is 1.03 bits per heavy atom. The number of fused-ring (bicyclic) bond motifs is 1. The van der Waals surface area contributed by atoms with Crippen LogP contribution >= 0.6 is 7.52 Å². The van der Waals surface area contributed by atoms with Crippen LogP contribution in [-0.2, 0) is 25.3 Å². The zero-order chi connectivity index (χ0) is 26.5. The van der Waals surface area contributed by atoms with E-state index >= 15 is 0 Å². The van der Waals surface area contributed by atoms with E-state index in [-0.39, 0.29) is 19.0 Å². The number of hydrogen-bond donors (Lipinski definition) is 2. The van der Waals surface area contributed by atoms with Crippen molar-refractivity contribution in [1.82, 2.24) is 19.6 Å². The van der Waals surface area contributed by atoms with Gasteiger partial charge in [-0.2, -0.15) is 0 Å². The molecule has 0 saturated heterocycles. The zero-order valence-electron chi connectivity index (χ0n) is 22.0. The van der Waals surface area contributed by atoms with E-state index in [1.807, 2.05) is 29.7 Å². The summed E-state index contributed by atoms with van der Waals surface area (Å²) in [5.74, 6) is 0.491. The highest BCUT2D eigenvalue weighted by molar-refractivity contribution is 7.57. The van der Waals surface area contributed by atoms with E-state index in [0.717, 1.165) is 25.7 Å². The molecule has 2 heterocycles. The molecule has 0 bridgehead atoms. The molecule has 3 rings (SSSR count). The number of para-hydroxylation sites is 1. The van der Waals surface area contributed by atoms with Gasteiger partial charge in [-0.1, -0.05) is 44.9 Å². The summed E-state index contributed by atoms with van der Waals surface area (Å²) in [5.41, 5.74) is 7.88. The summed E-state index contributed by atoms with van der Waals surface area (Å²) >= 11 is 0. The quantitative estimate of drug-likeness (QED) is 0.129. The number of hydrogen-bond acceptors (Lipinski definition) is 8. The van der Waals surface area contributed by atoms with Gasteiger partial charge in [0.1, 0.15) is 17.6 Å². The molecule has 204 valence electrons. The van der Waals surface area contributed by atoms with Crippen LogP contribution in [0.1, 0.15) is 46.5 Å². The maximum Gasteiger partial charge on any atom is 0.342 e. The van der Waals surface area contributed by atoms with Crippen molar-refractivity contribution in [2.24, 2.45) is 0 Å². The summed E-state index contributed by atoms with van der Waals surface area (Å²) in [5, 5.41) is 3.06. The summed E-state index contributed by atoms with van der Waals surface area (Å²) in [7, 11) is -3.47. The van der Waals surface area contributed by atoms with Gasteiger partial charge >= 0.3 is 7.52 Å². The Balaban J connectivity index is 1.65. The number of aromatic nitrogens is 3. The highest BCUT2D eigenvalue weighted by Crippen LogP contribution is 2.43. The summed E-state index contributed by atoms with van der Waals surface area (Å²) in [6.07, 6.45) is 6.25. The number of nitrogens with zero attached hydrogens (tertiary/aromatic N) is 3. The fourth-order valence-corrected chi connectivity index (χ4v) is 5.07. The number of anilines is 1. The van der Waals surface area contributed by atoms with Crippen molar-refractivity contribution in [3.63, 3.8) is 0 Å². The second kappa shape index (κ2) is 15.1. The normalized spacial score (nSPS) is 14.2.